The second-order valence-electron chi connectivity index (χ2n) is 7.16. The fourth-order valence-electron chi connectivity index (χ4n) is 3.29. The van der Waals surface area contributed by atoms with Crippen molar-refractivity contribution in [2.75, 3.05) is 25.0 Å². The molecule has 5 heteroatoms. The SMILES string of the molecule is CC(C)COC1CCN(C(=O)Nc2ccc3c(c2)C(=O)CCC3)C1. The average Bonchev–Trinajstić information content (AvgIpc) is 3.03. The smallest absolute Gasteiger partial charge is 0.321 e. The zero-order valence-corrected chi connectivity index (χ0v) is 14.5. The maximum absolute atomic E-state index is 12.4. The number of ether oxygens (including phenoxy) is 1. The van der Waals surface area contributed by atoms with Crippen molar-refractivity contribution in [3.8, 4) is 0 Å². The quantitative estimate of drug-likeness (QED) is 0.919. The van der Waals surface area contributed by atoms with Crippen LogP contribution in [-0.4, -0.2) is 42.5 Å². The third-order valence-electron chi connectivity index (χ3n) is 4.61. The van der Waals surface area contributed by atoms with Gasteiger partial charge in [-0.1, -0.05) is 19.9 Å². The van der Waals surface area contributed by atoms with Crippen LogP contribution >= 0.6 is 0 Å². The first-order valence-corrected chi connectivity index (χ1v) is 8.86. The van der Waals surface area contributed by atoms with Crippen molar-refractivity contribution in [2.24, 2.45) is 5.92 Å². The van der Waals surface area contributed by atoms with Crippen LogP contribution < -0.4 is 5.32 Å². The summed E-state index contributed by atoms with van der Waals surface area (Å²) in [7, 11) is 0. The molecule has 0 bridgehead atoms. The van der Waals surface area contributed by atoms with E-state index >= 15 is 0 Å². The molecule has 0 radical (unpaired) electrons. The third-order valence-corrected chi connectivity index (χ3v) is 4.61. The highest BCUT2D eigenvalue weighted by Gasteiger charge is 2.27. The predicted molar refractivity (Wildman–Crippen MR) is 93.5 cm³/mol. The zero-order valence-electron chi connectivity index (χ0n) is 14.5. The van der Waals surface area contributed by atoms with Gasteiger partial charge in [0.25, 0.3) is 0 Å². The Hall–Kier alpha value is -1.88. The predicted octanol–water partition coefficient (Wildman–Crippen LogP) is 3.48. The summed E-state index contributed by atoms with van der Waals surface area (Å²) >= 11 is 0. The molecule has 2 aliphatic rings. The highest BCUT2D eigenvalue weighted by molar-refractivity contribution is 6.00. The molecule has 2 amide bonds. The average molecular weight is 330 g/mol. The number of rotatable bonds is 4. The summed E-state index contributed by atoms with van der Waals surface area (Å²) in [6.07, 6.45) is 3.47. The minimum atomic E-state index is -0.117. The number of amides is 2. The molecule has 1 aliphatic heterocycles. The van der Waals surface area contributed by atoms with Crippen LogP contribution in [-0.2, 0) is 11.2 Å². The lowest BCUT2D eigenvalue weighted by atomic mass is 9.90. The van der Waals surface area contributed by atoms with E-state index in [1.54, 1.807) is 4.90 Å². The van der Waals surface area contributed by atoms with Gasteiger partial charge < -0.3 is 15.0 Å². The number of benzene rings is 1. The molecule has 1 fully saturated rings. The van der Waals surface area contributed by atoms with E-state index in [-0.39, 0.29) is 17.9 Å². The van der Waals surface area contributed by atoms with Gasteiger partial charge in [0.15, 0.2) is 5.78 Å². The van der Waals surface area contributed by atoms with Crippen LogP contribution in [0.3, 0.4) is 0 Å². The van der Waals surface area contributed by atoms with Crippen molar-refractivity contribution >= 4 is 17.5 Å². The summed E-state index contributed by atoms with van der Waals surface area (Å²) < 4.78 is 5.82. The van der Waals surface area contributed by atoms with E-state index in [1.807, 2.05) is 18.2 Å². The second-order valence-corrected chi connectivity index (χ2v) is 7.16. The Morgan fingerprint density at radius 1 is 1.38 bits per heavy atom. The minimum Gasteiger partial charge on any atom is -0.376 e. The number of hydrogen-bond acceptors (Lipinski definition) is 3. The number of nitrogens with zero attached hydrogens (tertiary/aromatic N) is 1. The molecule has 1 unspecified atom stereocenters. The fraction of sp³-hybridized carbons (Fsp3) is 0.579. The molecule has 3 rings (SSSR count). The summed E-state index contributed by atoms with van der Waals surface area (Å²) in [5.74, 6) is 0.677. The molecule has 1 aliphatic carbocycles. The number of fused-ring (bicyclic) bond motifs is 1. The Balaban J connectivity index is 1.58. The molecule has 1 heterocycles. The van der Waals surface area contributed by atoms with Gasteiger partial charge in [0.1, 0.15) is 0 Å². The van der Waals surface area contributed by atoms with Crippen molar-refractivity contribution < 1.29 is 14.3 Å². The van der Waals surface area contributed by atoms with E-state index in [0.717, 1.165) is 37.0 Å². The van der Waals surface area contributed by atoms with E-state index in [9.17, 15) is 9.59 Å². The molecule has 1 saturated heterocycles. The zero-order chi connectivity index (χ0) is 17.1. The Labute approximate surface area is 143 Å². The summed E-state index contributed by atoms with van der Waals surface area (Å²) in [6, 6.07) is 5.55. The summed E-state index contributed by atoms with van der Waals surface area (Å²) in [5, 5.41) is 2.92. The number of carbonyl (C=O) groups is 2. The Morgan fingerprint density at radius 3 is 3.00 bits per heavy atom. The maximum atomic E-state index is 12.4. The van der Waals surface area contributed by atoms with Gasteiger partial charge >= 0.3 is 6.03 Å². The van der Waals surface area contributed by atoms with E-state index in [4.69, 9.17) is 4.74 Å². The van der Waals surface area contributed by atoms with Crippen LogP contribution in [0.2, 0.25) is 0 Å². The number of Topliss-reactive ketones (excluding diaryl/α,β-unsaturated/α-hetero) is 1. The van der Waals surface area contributed by atoms with Crippen molar-refractivity contribution in [1.29, 1.82) is 0 Å². The van der Waals surface area contributed by atoms with Gasteiger partial charge in [-0.25, -0.2) is 4.79 Å². The highest BCUT2D eigenvalue weighted by Crippen LogP contribution is 2.25. The first-order valence-electron chi connectivity index (χ1n) is 8.86. The van der Waals surface area contributed by atoms with Gasteiger partial charge in [0.05, 0.1) is 6.10 Å². The molecule has 1 aromatic rings. The number of aryl methyl sites for hydroxylation is 1. The molecular weight excluding hydrogens is 304 g/mol. The van der Waals surface area contributed by atoms with Crippen LogP contribution in [0.25, 0.3) is 0 Å². The summed E-state index contributed by atoms with van der Waals surface area (Å²) in [6.45, 7) is 6.31. The standard InChI is InChI=1S/C19H26N2O3/c1-13(2)12-24-16-8-9-21(11-16)19(23)20-15-7-6-14-4-3-5-18(22)17(14)10-15/h6-7,10,13,16H,3-5,8-9,11-12H2,1-2H3,(H,20,23). The van der Waals surface area contributed by atoms with Crippen molar-refractivity contribution in [1.82, 2.24) is 4.90 Å². The first-order chi connectivity index (χ1) is 11.5. The minimum absolute atomic E-state index is 0.117. The van der Waals surface area contributed by atoms with E-state index in [1.165, 1.54) is 0 Å². The number of anilines is 1. The van der Waals surface area contributed by atoms with Crippen molar-refractivity contribution in [3.63, 3.8) is 0 Å². The Kier molecular flexibility index (Phi) is 5.19. The van der Waals surface area contributed by atoms with E-state index in [0.29, 0.717) is 31.1 Å². The van der Waals surface area contributed by atoms with Crippen molar-refractivity contribution in [2.45, 2.75) is 45.6 Å². The van der Waals surface area contributed by atoms with Crippen LogP contribution in [0, 0.1) is 5.92 Å². The molecule has 130 valence electrons. The van der Waals surface area contributed by atoms with Crippen LogP contribution in [0.1, 0.15) is 49.0 Å². The summed E-state index contributed by atoms with van der Waals surface area (Å²) in [4.78, 5) is 26.2. The van der Waals surface area contributed by atoms with Gasteiger partial charge in [-0.15, -0.1) is 0 Å². The second kappa shape index (κ2) is 7.34. The largest absolute Gasteiger partial charge is 0.376 e. The molecule has 24 heavy (non-hydrogen) atoms. The normalized spacial score (nSPS) is 20.4. The lowest BCUT2D eigenvalue weighted by Crippen LogP contribution is -2.34. The molecule has 0 saturated carbocycles. The van der Waals surface area contributed by atoms with E-state index < -0.39 is 0 Å². The highest BCUT2D eigenvalue weighted by atomic mass is 16.5. The topological polar surface area (TPSA) is 58.6 Å². The molecular formula is C19H26N2O3. The number of nitrogens with one attached hydrogen (secondary N) is 1. The van der Waals surface area contributed by atoms with Crippen molar-refractivity contribution in [3.05, 3.63) is 29.3 Å². The summed E-state index contributed by atoms with van der Waals surface area (Å²) in [5.41, 5.74) is 2.55. The number of carbonyl (C=O) groups excluding carboxylic acids is 2. The third kappa shape index (κ3) is 3.96. The molecule has 1 atom stereocenters. The fourth-order valence-corrected chi connectivity index (χ4v) is 3.29. The van der Waals surface area contributed by atoms with Gasteiger partial charge in [-0.3, -0.25) is 4.79 Å². The number of hydrogen-bond donors (Lipinski definition) is 1. The van der Waals surface area contributed by atoms with Gasteiger partial charge in [-0.2, -0.15) is 0 Å². The number of likely N-dealkylation sites (tertiary alicyclic amines) is 1. The lowest BCUT2D eigenvalue weighted by Gasteiger charge is -2.20. The Bertz CT molecular complexity index is 627. The molecule has 0 aromatic heterocycles. The molecule has 1 N–H and O–H groups in total. The van der Waals surface area contributed by atoms with Gasteiger partial charge in [-0.05, 0) is 42.9 Å². The first kappa shape index (κ1) is 17.0. The van der Waals surface area contributed by atoms with Crippen LogP contribution in [0.15, 0.2) is 18.2 Å². The van der Waals surface area contributed by atoms with Gasteiger partial charge in [0, 0.05) is 37.4 Å². The Morgan fingerprint density at radius 2 is 2.21 bits per heavy atom. The van der Waals surface area contributed by atoms with Crippen LogP contribution in [0.5, 0.6) is 0 Å². The van der Waals surface area contributed by atoms with Crippen LogP contribution in [0.4, 0.5) is 10.5 Å². The number of urea groups is 1. The molecule has 0 spiro atoms. The molecule has 5 nitrogen and oxygen atoms in total. The lowest BCUT2D eigenvalue weighted by molar-refractivity contribution is 0.0440. The maximum Gasteiger partial charge on any atom is 0.321 e. The van der Waals surface area contributed by atoms with E-state index in [2.05, 4.69) is 19.2 Å². The monoisotopic (exact) mass is 330 g/mol. The van der Waals surface area contributed by atoms with Gasteiger partial charge in [0.2, 0.25) is 0 Å². The number of ketones is 1. The molecule has 1 aromatic carbocycles.